The van der Waals surface area contributed by atoms with E-state index < -0.39 is 5.91 Å². The Balaban J connectivity index is 1.87. The van der Waals surface area contributed by atoms with Crippen molar-refractivity contribution in [3.05, 3.63) is 70.9 Å². The normalized spacial score (nSPS) is 10.9. The van der Waals surface area contributed by atoms with Gasteiger partial charge in [-0.1, -0.05) is 50.1 Å². The number of rotatable bonds is 11. The number of nitrogens with two attached hydrogens (primary N) is 1. The van der Waals surface area contributed by atoms with E-state index in [-0.39, 0.29) is 0 Å². The third-order valence-corrected chi connectivity index (χ3v) is 6.02. The summed E-state index contributed by atoms with van der Waals surface area (Å²) in [7, 11) is 3.27. The molecule has 0 saturated carbocycles. The van der Waals surface area contributed by atoms with Crippen molar-refractivity contribution in [1.29, 1.82) is 0 Å². The maximum absolute atomic E-state index is 12.0. The number of carbonyl (C=O) groups excluding carboxylic acids is 1. The average Bonchev–Trinajstić information content (AvgIpc) is 3.14. The molecule has 0 aliphatic carbocycles. The van der Waals surface area contributed by atoms with Crippen LogP contribution in [-0.4, -0.2) is 24.7 Å². The van der Waals surface area contributed by atoms with Gasteiger partial charge in [-0.3, -0.25) is 4.79 Å². The Labute approximate surface area is 191 Å². The number of methoxy groups -OCH3 is 2. The van der Waals surface area contributed by atoms with Gasteiger partial charge in [0.05, 0.1) is 19.8 Å². The molecule has 0 saturated heterocycles. The molecule has 0 aliphatic heterocycles. The molecule has 0 bridgehead atoms. The Bertz CT molecular complexity index is 1050. The molecule has 1 heterocycles. The Kier molecular flexibility index (Phi) is 7.98. The van der Waals surface area contributed by atoms with Gasteiger partial charge in [0, 0.05) is 17.9 Å². The lowest BCUT2D eigenvalue weighted by Crippen LogP contribution is -2.13. The molecule has 0 unspecified atom stereocenters. The van der Waals surface area contributed by atoms with Crippen LogP contribution >= 0.6 is 0 Å². The number of ether oxygens (including phenoxy) is 2. The van der Waals surface area contributed by atoms with Crippen LogP contribution in [0.5, 0.6) is 11.5 Å². The van der Waals surface area contributed by atoms with Crippen molar-refractivity contribution in [3.63, 3.8) is 0 Å². The van der Waals surface area contributed by atoms with Gasteiger partial charge in [0.2, 0.25) is 0 Å². The molecule has 0 aliphatic rings. The van der Waals surface area contributed by atoms with Crippen LogP contribution in [0.25, 0.3) is 11.3 Å². The van der Waals surface area contributed by atoms with Crippen molar-refractivity contribution in [2.45, 2.75) is 52.5 Å². The molecule has 170 valence electrons. The summed E-state index contributed by atoms with van der Waals surface area (Å²) in [5, 5.41) is 0. The Morgan fingerprint density at radius 2 is 1.59 bits per heavy atom. The van der Waals surface area contributed by atoms with Crippen molar-refractivity contribution in [2.75, 3.05) is 14.2 Å². The SMILES string of the molecule is CCCCCc1ccc(-c2cc(C(N)=O)c(C)n2CCc2ccc(OC)c(OC)c2)cc1. The fraction of sp³-hybridized carbons (Fsp3) is 0.370. The zero-order valence-electron chi connectivity index (χ0n) is 19.6. The molecule has 0 atom stereocenters. The lowest BCUT2D eigenvalue weighted by atomic mass is 10.0. The van der Waals surface area contributed by atoms with E-state index in [1.54, 1.807) is 14.2 Å². The first kappa shape index (κ1) is 23.5. The van der Waals surface area contributed by atoms with E-state index in [0.717, 1.165) is 41.9 Å². The fourth-order valence-electron chi connectivity index (χ4n) is 4.12. The highest BCUT2D eigenvalue weighted by atomic mass is 16.5. The van der Waals surface area contributed by atoms with Crippen LogP contribution in [0.3, 0.4) is 0 Å². The summed E-state index contributed by atoms with van der Waals surface area (Å²) in [5.74, 6) is 1.03. The van der Waals surface area contributed by atoms with E-state index >= 15 is 0 Å². The number of aromatic nitrogens is 1. The molecule has 3 rings (SSSR count). The van der Waals surface area contributed by atoms with Gasteiger partial charge in [-0.05, 0) is 61.1 Å². The van der Waals surface area contributed by atoms with Gasteiger partial charge in [-0.25, -0.2) is 0 Å². The lowest BCUT2D eigenvalue weighted by Gasteiger charge is -2.14. The highest BCUT2D eigenvalue weighted by molar-refractivity contribution is 5.95. The molecule has 1 aromatic heterocycles. The van der Waals surface area contributed by atoms with Crippen LogP contribution in [0.4, 0.5) is 0 Å². The molecule has 32 heavy (non-hydrogen) atoms. The number of hydrogen-bond acceptors (Lipinski definition) is 3. The van der Waals surface area contributed by atoms with Gasteiger partial charge in [0.15, 0.2) is 11.5 Å². The van der Waals surface area contributed by atoms with Crippen LogP contribution in [0, 0.1) is 6.92 Å². The number of amides is 1. The zero-order valence-corrected chi connectivity index (χ0v) is 19.6. The molecule has 0 spiro atoms. The number of carbonyl (C=O) groups is 1. The molecule has 5 heteroatoms. The number of aryl methyl sites for hydroxylation is 2. The number of hydrogen-bond donors (Lipinski definition) is 1. The first-order valence-electron chi connectivity index (χ1n) is 11.3. The van der Waals surface area contributed by atoms with Crippen LogP contribution in [-0.2, 0) is 19.4 Å². The minimum Gasteiger partial charge on any atom is -0.493 e. The Morgan fingerprint density at radius 1 is 0.906 bits per heavy atom. The molecular formula is C27H34N2O3. The average molecular weight is 435 g/mol. The van der Waals surface area contributed by atoms with Crippen LogP contribution < -0.4 is 15.2 Å². The minimum atomic E-state index is -0.398. The second-order valence-corrected chi connectivity index (χ2v) is 8.14. The summed E-state index contributed by atoms with van der Waals surface area (Å²) < 4.78 is 13.0. The van der Waals surface area contributed by atoms with Crippen molar-refractivity contribution < 1.29 is 14.3 Å². The van der Waals surface area contributed by atoms with Crippen LogP contribution in [0.1, 0.15) is 53.4 Å². The van der Waals surface area contributed by atoms with E-state index in [0.29, 0.717) is 17.1 Å². The highest BCUT2D eigenvalue weighted by Gasteiger charge is 2.17. The van der Waals surface area contributed by atoms with Crippen molar-refractivity contribution in [2.24, 2.45) is 5.73 Å². The molecule has 3 aromatic rings. The Morgan fingerprint density at radius 3 is 2.22 bits per heavy atom. The topological polar surface area (TPSA) is 66.5 Å². The molecule has 5 nitrogen and oxygen atoms in total. The van der Waals surface area contributed by atoms with E-state index in [1.807, 2.05) is 31.2 Å². The summed E-state index contributed by atoms with van der Waals surface area (Å²) >= 11 is 0. The van der Waals surface area contributed by atoms with E-state index in [4.69, 9.17) is 15.2 Å². The summed E-state index contributed by atoms with van der Waals surface area (Å²) in [6, 6.07) is 16.5. The van der Waals surface area contributed by atoms with Crippen molar-refractivity contribution in [3.8, 4) is 22.8 Å². The quantitative estimate of drug-likeness (QED) is 0.402. The summed E-state index contributed by atoms with van der Waals surface area (Å²) in [5.41, 5.74) is 11.7. The van der Waals surface area contributed by atoms with Gasteiger partial charge >= 0.3 is 0 Å². The van der Waals surface area contributed by atoms with E-state index in [2.05, 4.69) is 35.8 Å². The minimum absolute atomic E-state index is 0.398. The molecule has 1 amide bonds. The van der Waals surface area contributed by atoms with Gasteiger partial charge in [0.25, 0.3) is 5.91 Å². The highest BCUT2D eigenvalue weighted by Crippen LogP contribution is 2.30. The lowest BCUT2D eigenvalue weighted by molar-refractivity contribution is 0.0999. The Hall–Kier alpha value is -3.21. The predicted octanol–water partition coefficient (Wildman–Crippen LogP) is 5.56. The molecule has 2 N–H and O–H groups in total. The summed E-state index contributed by atoms with van der Waals surface area (Å²) in [4.78, 5) is 12.0. The second-order valence-electron chi connectivity index (χ2n) is 8.14. The van der Waals surface area contributed by atoms with Gasteiger partial charge in [-0.15, -0.1) is 0 Å². The third-order valence-electron chi connectivity index (χ3n) is 6.02. The van der Waals surface area contributed by atoms with Crippen LogP contribution in [0.2, 0.25) is 0 Å². The maximum atomic E-state index is 12.0. The number of primary amides is 1. The van der Waals surface area contributed by atoms with E-state index in [9.17, 15) is 4.79 Å². The van der Waals surface area contributed by atoms with Gasteiger partial charge < -0.3 is 19.8 Å². The predicted molar refractivity (Wildman–Crippen MR) is 130 cm³/mol. The smallest absolute Gasteiger partial charge is 0.250 e. The number of nitrogens with zero attached hydrogens (tertiary/aromatic N) is 1. The van der Waals surface area contributed by atoms with Crippen molar-refractivity contribution >= 4 is 5.91 Å². The second kappa shape index (κ2) is 10.9. The standard InChI is InChI=1S/C27H34N2O3/c1-5-6-7-8-20-9-12-22(13-10-20)24-18-23(27(28)30)19(2)29(24)16-15-21-11-14-25(31-3)26(17-21)32-4/h9-14,17-18H,5-8,15-16H2,1-4H3,(H2,28,30). The first-order valence-corrected chi connectivity index (χ1v) is 11.3. The fourth-order valence-corrected chi connectivity index (χ4v) is 4.12. The van der Waals surface area contributed by atoms with Gasteiger partial charge in [0.1, 0.15) is 0 Å². The molecule has 2 aromatic carbocycles. The summed E-state index contributed by atoms with van der Waals surface area (Å²) in [6.45, 7) is 4.90. The number of benzene rings is 2. The molecular weight excluding hydrogens is 400 g/mol. The molecule has 0 radical (unpaired) electrons. The first-order chi connectivity index (χ1) is 15.5. The third kappa shape index (κ3) is 5.34. The monoisotopic (exact) mass is 434 g/mol. The largest absolute Gasteiger partial charge is 0.493 e. The van der Waals surface area contributed by atoms with Crippen LogP contribution in [0.15, 0.2) is 48.5 Å². The zero-order chi connectivity index (χ0) is 23.1. The molecule has 0 fully saturated rings. The number of unbranched alkanes of at least 4 members (excludes halogenated alkanes) is 2. The maximum Gasteiger partial charge on any atom is 0.250 e. The summed E-state index contributed by atoms with van der Waals surface area (Å²) in [6.07, 6.45) is 5.57. The van der Waals surface area contributed by atoms with E-state index in [1.165, 1.54) is 24.8 Å². The van der Waals surface area contributed by atoms with Crippen molar-refractivity contribution in [1.82, 2.24) is 4.57 Å². The van der Waals surface area contributed by atoms with Gasteiger partial charge in [-0.2, -0.15) is 0 Å².